The van der Waals surface area contributed by atoms with Gasteiger partial charge in [0.25, 0.3) is 0 Å². The van der Waals surface area contributed by atoms with Gasteiger partial charge in [-0.1, -0.05) is 35.0 Å². The van der Waals surface area contributed by atoms with E-state index in [0.29, 0.717) is 5.82 Å². The molecule has 1 atom stereocenters. The smallest absolute Gasteiger partial charge is 0.191 e. The number of aromatic nitrogens is 4. The second-order valence-corrected chi connectivity index (χ2v) is 3.57. The summed E-state index contributed by atoms with van der Waals surface area (Å²) < 4.78 is 0. The second-order valence-electron chi connectivity index (χ2n) is 3.57. The van der Waals surface area contributed by atoms with Crippen LogP contribution >= 0.6 is 0 Å². The second kappa shape index (κ2) is 4.18. The number of tetrazole rings is 1. The fourth-order valence-electron chi connectivity index (χ4n) is 1.40. The van der Waals surface area contributed by atoms with Crippen molar-refractivity contribution in [3.8, 4) is 0 Å². The molecule has 0 aliphatic rings. The Labute approximate surface area is 87.7 Å². The van der Waals surface area contributed by atoms with Gasteiger partial charge < -0.3 is 5.73 Å². The van der Waals surface area contributed by atoms with Crippen molar-refractivity contribution in [3.05, 3.63) is 41.2 Å². The minimum atomic E-state index is -0.202. The maximum atomic E-state index is 5.92. The molecule has 5 nitrogen and oxygen atoms in total. The Bertz CT molecular complexity index is 406. The van der Waals surface area contributed by atoms with E-state index < -0.39 is 0 Å². The predicted octanol–water partition coefficient (Wildman–Crippen LogP) is 0.751. The van der Waals surface area contributed by atoms with Crippen LogP contribution in [0.2, 0.25) is 0 Å². The summed E-state index contributed by atoms with van der Waals surface area (Å²) in [6.45, 7) is 2.06. The van der Waals surface area contributed by atoms with E-state index in [1.165, 1.54) is 11.1 Å². The molecule has 2 aromatic rings. The van der Waals surface area contributed by atoms with Gasteiger partial charge in [0.1, 0.15) is 0 Å². The molecule has 0 fully saturated rings. The molecule has 0 saturated heterocycles. The molecule has 78 valence electrons. The molecule has 0 radical (unpaired) electrons. The number of hydrogen-bond donors (Lipinski definition) is 2. The zero-order valence-electron chi connectivity index (χ0n) is 8.51. The summed E-state index contributed by atoms with van der Waals surface area (Å²) in [6, 6.07) is 8.06. The third kappa shape index (κ3) is 2.38. The summed E-state index contributed by atoms with van der Waals surface area (Å²) in [4.78, 5) is 0. The molecule has 3 N–H and O–H groups in total. The van der Waals surface area contributed by atoms with Crippen LogP contribution < -0.4 is 5.73 Å². The van der Waals surface area contributed by atoms with Gasteiger partial charge in [0.15, 0.2) is 5.82 Å². The van der Waals surface area contributed by atoms with Crippen LogP contribution in [0.25, 0.3) is 0 Å². The highest BCUT2D eigenvalue weighted by Gasteiger charge is 2.10. The normalized spacial score (nSPS) is 12.7. The van der Waals surface area contributed by atoms with Crippen molar-refractivity contribution in [2.24, 2.45) is 5.73 Å². The molecule has 1 heterocycles. The number of nitrogens with two attached hydrogens (primary N) is 1. The van der Waals surface area contributed by atoms with Crippen molar-refractivity contribution in [2.45, 2.75) is 19.4 Å². The Morgan fingerprint density at radius 1 is 1.33 bits per heavy atom. The number of benzene rings is 1. The van der Waals surface area contributed by atoms with E-state index in [2.05, 4.69) is 51.8 Å². The van der Waals surface area contributed by atoms with E-state index >= 15 is 0 Å². The van der Waals surface area contributed by atoms with Crippen molar-refractivity contribution in [1.82, 2.24) is 20.6 Å². The van der Waals surface area contributed by atoms with Crippen molar-refractivity contribution >= 4 is 0 Å². The van der Waals surface area contributed by atoms with E-state index in [1.54, 1.807) is 0 Å². The molecule has 0 amide bonds. The van der Waals surface area contributed by atoms with Crippen LogP contribution in [0.1, 0.15) is 23.0 Å². The highest BCUT2D eigenvalue weighted by Crippen LogP contribution is 2.11. The van der Waals surface area contributed by atoms with Crippen LogP contribution in [-0.2, 0) is 6.42 Å². The number of nitrogens with zero attached hydrogens (tertiary/aromatic N) is 3. The van der Waals surface area contributed by atoms with Gasteiger partial charge in [0.2, 0.25) is 0 Å². The molecule has 0 aliphatic heterocycles. The van der Waals surface area contributed by atoms with E-state index in [9.17, 15) is 0 Å². The molecule has 0 saturated carbocycles. The quantitative estimate of drug-likeness (QED) is 0.771. The minimum Gasteiger partial charge on any atom is -0.321 e. The fraction of sp³-hybridized carbons (Fsp3) is 0.300. The van der Waals surface area contributed by atoms with Gasteiger partial charge in [-0.05, 0) is 18.9 Å². The Balaban J connectivity index is 2.06. The Kier molecular flexibility index (Phi) is 2.73. The van der Waals surface area contributed by atoms with Crippen LogP contribution in [-0.4, -0.2) is 20.6 Å². The standard InChI is InChI=1S/C10H13N5/c1-7-2-4-8(5-3-7)6-9(11)10-12-14-15-13-10/h2-5,9H,6,11H2,1H3,(H,12,13,14,15)/t9-/m1/s1. The maximum absolute atomic E-state index is 5.92. The lowest BCUT2D eigenvalue weighted by atomic mass is 10.0. The highest BCUT2D eigenvalue weighted by atomic mass is 15.5. The Morgan fingerprint density at radius 2 is 2.07 bits per heavy atom. The lowest BCUT2D eigenvalue weighted by molar-refractivity contribution is 0.669. The summed E-state index contributed by atoms with van der Waals surface area (Å²) in [5.41, 5.74) is 8.35. The van der Waals surface area contributed by atoms with E-state index in [1.807, 2.05) is 0 Å². The van der Waals surface area contributed by atoms with Crippen molar-refractivity contribution in [3.63, 3.8) is 0 Å². The number of rotatable bonds is 3. The summed E-state index contributed by atoms with van der Waals surface area (Å²) >= 11 is 0. The molecule has 0 bridgehead atoms. The van der Waals surface area contributed by atoms with Crippen molar-refractivity contribution in [1.29, 1.82) is 0 Å². The lowest BCUT2D eigenvalue weighted by Crippen LogP contribution is -2.15. The molecule has 0 aliphatic carbocycles. The summed E-state index contributed by atoms with van der Waals surface area (Å²) in [6.07, 6.45) is 0.722. The van der Waals surface area contributed by atoms with Gasteiger partial charge in [-0.2, -0.15) is 5.21 Å². The SMILES string of the molecule is Cc1ccc(C[C@@H](N)c2nn[nH]n2)cc1. The molecule has 0 spiro atoms. The maximum Gasteiger partial charge on any atom is 0.191 e. The van der Waals surface area contributed by atoms with E-state index in [4.69, 9.17) is 5.73 Å². The third-order valence-electron chi connectivity index (χ3n) is 2.27. The number of aryl methyl sites for hydroxylation is 1. The van der Waals surface area contributed by atoms with Gasteiger partial charge in [0.05, 0.1) is 6.04 Å². The van der Waals surface area contributed by atoms with E-state index in [0.717, 1.165) is 6.42 Å². The number of H-pyrrole nitrogens is 1. The summed E-state index contributed by atoms with van der Waals surface area (Å²) in [5.74, 6) is 0.551. The third-order valence-corrected chi connectivity index (χ3v) is 2.27. The van der Waals surface area contributed by atoms with Crippen LogP contribution in [0.4, 0.5) is 0 Å². The Morgan fingerprint density at radius 3 is 2.67 bits per heavy atom. The molecular weight excluding hydrogens is 190 g/mol. The molecule has 0 unspecified atom stereocenters. The first kappa shape index (κ1) is 9.79. The number of nitrogens with one attached hydrogen (secondary N) is 1. The molecule has 5 heteroatoms. The van der Waals surface area contributed by atoms with Gasteiger partial charge >= 0.3 is 0 Å². The lowest BCUT2D eigenvalue weighted by Gasteiger charge is -2.06. The van der Waals surface area contributed by atoms with Gasteiger partial charge in [-0.3, -0.25) is 0 Å². The van der Waals surface area contributed by atoms with Crippen LogP contribution in [0, 0.1) is 6.92 Å². The first-order valence-electron chi connectivity index (χ1n) is 4.80. The first-order chi connectivity index (χ1) is 7.25. The summed E-state index contributed by atoms with van der Waals surface area (Å²) in [7, 11) is 0. The zero-order valence-corrected chi connectivity index (χ0v) is 8.51. The topological polar surface area (TPSA) is 80.5 Å². The van der Waals surface area contributed by atoms with Gasteiger partial charge in [-0.15, -0.1) is 10.2 Å². The monoisotopic (exact) mass is 203 g/mol. The van der Waals surface area contributed by atoms with Crippen molar-refractivity contribution in [2.75, 3.05) is 0 Å². The Hall–Kier alpha value is -1.75. The average Bonchev–Trinajstić information content (AvgIpc) is 2.74. The average molecular weight is 203 g/mol. The molecule has 15 heavy (non-hydrogen) atoms. The van der Waals surface area contributed by atoms with Gasteiger partial charge in [0, 0.05) is 0 Å². The first-order valence-corrected chi connectivity index (χ1v) is 4.80. The highest BCUT2D eigenvalue weighted by molar-refractivity contribution is 5.22. The van der Waals surface area contributed by atoms with Crippen LogP contribution in [0.15, 0.2) is 24.3 Å². The fourth-order valence-corrected chi connectivity index (χ4v) is 1.40. The molecule has 1 aromatic carbocycles. The zero-order chi connectivity index (χ0) is 10.7. The minimum absolute atomic E-state index is 0.202. The molecule has 2 rings (SSSR count). The van der Waals surface area contributed by atoms with E-state index in [-0.39, 0.29) is 6.04 Å². The summed E-state index contributed by atoms with van der Waals surface area (Å²) in [5, 5.41) is 13.6. The molecular formula is C10H13N5. The molecule has 1 aromatic heterocycles. The number of hydrogen-bond acceptors (Lipinski definition) is 4. The van der Waals surface area contributed by atoms with Crippen molar-refractivity contribution < 1.29 is 0 Å². The predicted molar refractivity (Wildman–Crippen MR) is 56.0 cm³/mol. The largest absolute Gasteiger partial charge is 0.321 e. The van der Waals surface area contributed by atoms with Gasteiger partial charge in [-0.25, -0.2) is 0 Å². The number of aromatic amines is 1. The van der Waals surface area contributed by atoms with Crippen LogP contribution in [0.3, 0.4) is 0 Å². The van der Waals surface area contributed by atoms with Crippen LogP contribution in [0.5, 0.6) is 0 Å².